The third-order valence-electron chi connectivity index (χ3n) is 2.07. The maximum Gasteiger partial charge on any atom is 0.219 e. The second kappa shape index (κ2) is 4.09. The zero-order valence-corrected chi connectivity index (χ0v) is 7.19. The molecule has 14 heavy (non-hydrogen) atoms. The molecule has 0 radical (unpaired) electrons. The molecule has 8 heteroatoms. The van der Waals surface area contributed by atoms with E-state index in [1.807, 2.05) is 0 Å². The molecule has 0 saturated carbocycles. The van der Waals surface area contributed by atoms with Gasteiger partial charge in [-0.15, -0.1) is 0 Å². The van der Waals surface area contributed by atoms with E-state index in [4.69, 9.17) is 15.4 Å². The van der Waals surface area contributed by atoms with Gasteiger partial charge >= 0.3 is 0 Å². The van der Waals surface area contributed by atoms with Crippen LogP contribution in [0.1, 0.15) is 0 Å². The highest BCUT2D eigenvalue weighted by molar-refractivity contribution is 4.95. The summed E-state index contributed by atoms with van der Waals surface area (Å²) in [6.45, 7) is -1.07. The fourth-order valence-corrected chi connectivity index (χ4v) is 1.26. The van der Waals surface area contributed by atoms with Gasteiger partial charge in [0.05, 0.1) is 19.3 Å². The predicted octanol–water partition coefficient (Wildman–Crippen LogP) is -1.90. The molecule has 1 heterocycles. The van der Waals surface area contributed by atoms with E-state index in [1.165, 1.54) is 0 Å². The summed E-state index contributed by atoms with van der Waals surface area (Å²) < 4.78 is 4.77. The summed E-state index contributed by atoms with van der Waals surface area (Å²) in [6.07, 6.45) is -4.03. The maximum absolute atomic E-state index is 9.39. The van der Waals surface area contributed by atoms with Crippen LogP contribution in [0.25, 0.3) is 10.4 Å². The lowest BCUT2D eigenvalue weighted by atomic mass is 10.1. The number of rotatable bonds is 3. The van der Waals surface area contributed by atoms with E-state index in [2.05, 4.69) is 10.0 Å². The lowest BCUT2D eigenvalue weighted by Crippen LogP contribution is -2.46. The summed E-state index contributed by atoms with van der Waals surface area (Å²) in [6, 6.07) is 0. The van der Waals surface area contributed by atoms with E-state index in [1.54, 1.807) is 0 Å². The van der Waals surface area contributed by atoms with Crippen LogP contribution in [-0.2, 0) is 4.74 Å². The van der Waals surface area contributed by atoms with Crippen LogP contribution in [-0.4, -0.2) is 57.7 Å². The van der Waals surface area contributed by atoms with Crippen LogP contribution in [0.5, 0.6) is 0 Å². The van der Waals surface area contributed by atoms with Crippen molar-refractivity contribution in [2.75, 3.05) is 13.2 Å². The Labute approximate surface area is 79.0 Å². The summed E-state index contributed by atoms with van der Waals surface area (Å²) in [5.74, 6) is -2.19. The topological polar surface area (TPSA) is 139 Å². The average Bonchev–Trinajstić information content (AvgIpc) is 2.41. The van der Waals surface area contributed by atoms with Gasteiger partial charge in [0.1, 0.15) is 12.2 Å². The Morgan fingerprint density at radius 3 is 2.57 bits per heavy atom. The summed E-state index contributed by atoms with van der Waals surface area (Å²) >= 11 is 0. The molecule has 4 atom stereocenters. The van der Waals surface area contributed by atoms with Crippen LogP contribution < -0.4 is 0 Å². The molecule has 0 amide bonds. The number of nitrogens with zero attached hydrogens (tertiary/aromatic N) is 3. The number of ether oxygens (including phenoxy) is 1. The first-order valence-electron chi connectivity index (χ1n) is 3.93. The fourth-order valence-electron chi connectivity index (χ4n) is 1.26. The maximum atomic E-state index is 9.39. The van der Waals surface area contributed by atoms with E-state index in [9.17, 15) is 15.3 Å². The zero-order valence-electron chi connectivity index (χ0n) is 7.19. The third kappa shape index (κ3) is 1.80. The third-order valence-corrected chi connectivity index (χ3v) is 2.07. The Balaban J connectivity index is 2.71. The monoisotopic (exact) mass is 205 g/mol. The van der Waals surface area contributed by atoms with Crippen LogP contribution in [0, 0.1) is 0 Å². The Morgan fingerprint density at radius 2 is 2.14 bits per heavy atom. The van der Waals surface area contributed by atoms with Gasteiger partial charge in [-0.25, -0.2) is 0 Å². The van der Waals surface area contributed by atoms with E-state index in [0.717, 1.165) is 0 Å². The van der Waals surface area contributed by atoms with E-state index >= 15 is 0 Å². The van der Waals surface area contributed by atoms with E-state index < -0.39 is 30.7 Å². The minimum absolute atomic E-state index is 0.225. The number of hydrogen-bond donors (Lipinski definition) is 4. The Morgan fingerprint density at radius 1 is 1.50 bits per heavy atom. The van der Waals surface area contributed by atoms with Gasteiger partial charge in [-0.05, 0) is 5.53 Å². The van der Waals surface area contributed by atoms with Crippen LogP contribution in [0.2, 0.25) is 0 Å². The smallest absolute Gasteiger partial charge is 0.219 e. The lowest BCUT2D eigenvalue weighted by molar-refractivity contribution is -0.244. The molecule has 0 aromatic heterocycles. The van der Waals surface area contributed by atoms with Gasteiger partial charge in [-0.1, -0.05) is 5.11 Å². The van der Waals surface area contributed by atoms with Crippen molar-refractivity contribution in [3.8, 4) is 0 Å². The first-order chi connectivity index (χ1) is 6.55. The first kappa shape index (κ1) is 11.2. The molecule has 1 rings (SSSR count). The quantitative estimate of drug-likeness (QED) is 0.242. The second-order valence-electron chi connectivity index (χ2n) is 3.01. The number of azide groups is 1. The molecule has 1 unspecified atom stereocenters. The predicted molar refractivity (Wildman–Crippen MR) is 42.9 cm³/mol. The van der Waals surface area contributed by atoms with E-state index in [0.29, 0.717) is 0 Å². The van der Waals surface area contributed by atoms with Gasteiger partial charge in [0.15, 0.2) is 0 Å². The fraction of sp³-hybridized carbons (Fsp3) is 1.00. The Bertz CT molecular complexity index is 256. The summed E-state index contributed by atoms with van der Waals surface area (Å²) in [5, 5.41) is 39.8. The molecule has 1 aliphatic rings. The zero-order chi connectivity index (χ0) is 10.8. The standard InChI is InChI=1S/C6H11N3O5/c7-9-8-1-3-4(11)5(12)6(13,2-10)14-3/h3-5,10-13H,1-2H2/t3-,4-,5+,6?/m1/s1. The first-order valence-corrected chi connectivity index (χ1v) is 3.93. The Hall–Kier alpha value is -0.890. The molecule has 0 aromatic carbocycles. The molecule has 0 spiro atoms. The van der Waals surface area contributed by atoms with Crippen molar-refractivity contribution in [3.63, 3.8) is 0 Å². The molecule has 1 aliphatic heterocycles. The molecule has 0 bridgehead atoms. The number of aliphatic hydroxyl groups excluding tert-OH is 3. The SMILES string of the molecule is [N-]=[N+]=NC[C@H]1OC(O)(CO)[C@@H](O)[C@@H]1O. The number of hydrogen-bond acceptors (Lipinski definition) is 6. The van der Waals surface area contributed by atoms with E-state index in [-0.39, 0.29) is 6.54 Å². The van der Waals surface area contributed by atoms with Crippen LogP contribution in [0.15, 0.2) is 5.11 Å². The van der Waals surface area contributed by atoms with Crippen molar-refractivity contribution in [2.45, 2.75) is 24.1 Å². The van der Waals surface area contributed by atoms with Crippen molar-refractivity contribution in [1.82, 2.24) is 0 Å². The van der Waals surface area contributed by atoms with Gasteiger partial charge in [0.25, 0.3) is 0 Å². The van der Waals surface area contributed by atoms with Gasteiger partial charge in [-0.2, -0.15) is 0 Å². The van der Waals surface area contributed by atoms with Crippen molar-refractivity contribution in [2.24, 2.45) is 5.11 Å². The van der Waals surface area contributed by atoms with Gasteiger partial charge in [0.2, 0.25) is 5.79 Å². The summed E-state index contributed by atoms with van der Waals surface area (Å²) in [5.41, 5.74) is 8.01. The molecule has 1 saturated heterocycles. The molecule has 0 aliphatic carbocycles. The lowest BCUT2D eigenvalue weighted by Gasteiger charge is -2.22. The molecule has 80 valence electrons. The van der Waals surface area contributed by atoms with Crippen molar-refractivity contribution in [1.29, 1.82) is 0 Å². The highest BCUT2D eigenvalue weighted by Gasteiger charge is 2.52. The van der Waals surface area contributed by atoms with Crippen molar-refractivity contribution < 1.29 is 25.2 Å². The van der Waals surface area contributed by atoms with Crippen LogP contribution in [0.4, 0.5) is 0 Å². The van der Waals surface area contributed by atoms with Gasteiger partial charge in [-0.3, -0.25) is 0 Å². The average molecular weight is 205 g/mol. The minimum Gasteiger partial charge on any atom is -0.391 e. The molecule has 1 fully saturated rings. The number of aliphatic hydroxyl groups is 4. The molecule has 8 nitrogen and oxygen atoms in total. The highest BCUT2D eigenvalue weighted by Crippen LogP contribution is 2.28. The summed E-state index contributed by atoms with van der Waals surface area (Å²) in [4.78, 5) is 2.44. The van der Waals surface area contributed by atoms with Gasteiger partial charge < -0.3 is 25.2 Å². The molecular formula is C6H11N3O5. The largest absolute Gasteiger partial charge is 0.391 e. The normalized spacial score (nSPS) is 42.1. The van der Waals surface area contributed by atoms with Crippen molar-refractivity contribution in [3.05, 3.63) is 10.4 Å². The Kier molecular flexibility index (Phi) is 3.27. The minimum atomic E-state index is -2.19. The van der Waals surface area contributed by atoms with Crippen LogP contribution >= 0.6 is 0 Å². The molecule has 0 aromatic rings. The van der Waals surface area contributed by atoms with Gasteiger partial charge in [0, 0.05) is 4.91 Å². The van der Waals surface area contributed by atoms with Crippen LogP contribution in [0.3, 0.4) is 0 Å². The molecular weight excluding hydrogens is 194 g/mol. The summed E-state index contributed by atoms with van der Waals surface area (Å²) in [7, 11) is 0. The van der Waals surface area contributed by atoms with Crippen molar-refractivity contribution >= 4 is 0 Å². The highest BCUT2D eigenvalue weighted by atomic mass is 16.7. The second-order valence-corrected chi connectivity index (χ2v) is 3.01. The molecule has 4 N–H and O–H groups in total.